The van der Waals surface area contributed by atoms with Crippen LogP contribution in [0.3, 0.4) is 0 Å². The molecule has 1 fully saturated rings. The smallest absolute Gasteiger partial charge is 0.263 e. The van der Waals surface area contributed by atoms with Gasteiger partial charge in [0.1, 0.15) is 5.82 Å². The van der Waals surface area contributed by atoms with E-state index in [1.807, 2.05) is 0 Å². The van der Waals surface area contributed by atoms with E-state index >= 15 is 0 Å². The maximum atomic E-state index is 13.1. The lowest BCUT2D eigenvalue weighted by atomic mass is 10.1. The molecule has 4 rings (SSSR count). The van der Waals surface area contributed by atoms with E-state index in [-0.39, 0.29) is 0 Å². The van der Waals surface area contributed by atoms with Gasteiger partial charge in [-0.15, -0.1) is 0 Å². The number of benzene rings is 2. The summed E-state index contributed by atoms with van der Waals surface area (Å²) in [6, 6.07) is 10.2. The first-order valence-corrected chi connectivity index (χ1v) is 7.53. The lowest BCUT2D eigenvalue weighted by Gasteiger charge is -2.20. The number of hydrogen-bond acceptors (Lipinski definition) is 5. The predicted octanol–water partition coefficient (Wildman–Crippen LogP) is 2.98. The number of nitrogens with zero attached hydrogens (tertiary/aromatic N) is 4. The zero-order valence-electron chi connectivity index (χ0n) is 12.1. The molecule has 2 heterocycles. The molecule has 0 saturated carbocycles. The third-order valence-corrected chi connectivity index (χ3v) is 4.17. The van der Waals surface area contributed by atoms with E-state index in [2.05, 4.69) is 10.3 Å². The van der Waals surface area contributed by atoms with Gasteiger partial charge in [0.15, 0.2) is 12.1 Å². The van der Waals surface area contributed by atoms with E-state index < -0.39 is 29.7 Å². The molecule has 2 amide bonds. The van der Waals surface area contributed by atoms with Crippen LogP contribution in [0, 0.1) is 5.82 Å². The summed E-state index contributed by atoms with van der Waals surface area (Å²) in [4.78, 5) is 26.4. The van der Waals surface area contributed by atoms with Crippen LogP contribution in [0.1, 0.15) is 0 Å². The van der Waals surface area contributed by atoms with Gasteiger partial charge >= 0.3 is 0 Å². The largest absolute Gasteiger partial charge is 0.271 e. The molecule has 2 aliphatic rings. The summed E-state index contributed by atoms with van der Waals surface area (Å²) >= 11 is 5.94. The Kier molecular flexibility index (Phi) is 3.31. The Morgan fingerprint density at radius 3 is 2.46 bits per heavy atom. The summed E-state index contributed by atoms with van der Waals surface area (Å²) in [6.45, 7) is 0. The number of fused-ring (bicyclic) bond motifs is 1. The molecule has 2 aliphatic heterocycles. The maximum absolute atomic E-state index is 13.1. The highest BCUT2D eigenvalue weighted by Crippen LogP contribution is 2.35. The summed E-state index contributed by atoms with van der Waals surface area (Å²) in [5.74, 6) is -1.30. The lowest BCUT2D eigenvalue weighted by Crippen LogP contribution is -2.39. The summed E-state index contributed by atoms with van der Waals surface area (Å²) < 4.78 is 13.1. The highest BCUT2D eigenvalue weighted by Gasteiger charge is 2.55. The highest BCUT2D eigenvalue weighted by atomic mass is 35.5. The number of anilines is 2. The first-order valence-electron chi connectivity index (χ1n) is 7.15. The Hall–Kier alpha value is -2.80. The molecule has 120 valence electrons. The minimum Gasteiger partial charge on any atom is -0.271 e. The van der Waals surface area contributed by atoms with E-state index in [0.29, 0.717) is 16.4 Å². The Morgan fingerprint density at radius 1 is 1.00 bits per heavy atom. The van der Waals surface area contributed by atoms with Crippen molar-refractivity contribution in [3.63, 3.8) is 0 Å². The predicted molar refractivity (Wildman–Crippen MR) is 85.3 cm³/mol. The van der Waals surface area contributed by atoms with Crippen LogP contribution in [0.5, 0.6) is 0 Å². The van der Waals surface area contributed by atoms with E-state index in [1.54, 1.807) is 18.2 Å². The van der Waals surface area contributed by atoms with Gasteiger partial charge in [-0.2, -0.15) is 5.11 Å². The third-order valence-electron chi connectivity index (χ3n) is 3.94. The minimum atomic E-state index is -0.915. The van der Waals surface area contributed by atoms with E-state index in [0.717, 1.165) is 4.90 Å². The molecule has 2 aromatic rings. The lowest BCUT2D eigenvalue weighted by molar-refractivity contribution is -0.121. The zero-order valence-corrected chi connectivity index (χ0v) is 12.9. The molecule has 0 radical (unpaired) electrons. The number of amides is 2. The SMILES string of the molecule is O=C1[C@H]2N=NN(c3ccc(F)cc3)[C@@H]2C(=O)N1c1cccc(Cl)c1. The van der Waals surface area contributed by atoms with E-state index in [9.17, 15) is 14.0 Å². The molecule has 8 heteroatoms. The molecule has 0 N–H and O–H groups in total. The van der Waals surface area contributed by atoms with Gasteiger partial charge in [0, 0.05) is 5.02 Å². The van der Waals surface area contributed by atoms with E-state index in [4.69, 9.17) is 11.6 Å². The molecule has 2 aromatic carbocycles. The third kappa shape index (κ3) is 2.16. The van der Waals surface area contributed by atoms with Gasteiger partial charge in [-0.25, -0.2) is 14.3 Å². The molecule has 0 aromatic heterocycles. The molecular weight excluding hydrogens is 335 g/mol. The second-order valence-electron chi connectivity index (χ2n) is 5.41. The van der Waals surface area contributed by atoms with Crippen molar-refractivity contribution in [2.45, 2.75) is 12.1 Å². The Bertz CT molecular complexity index is 871. The average molecular weight is 345 g/mol. The standard InChI is InChI=1S/C16H10ClFN4O2/c17-9-2-1-3-12(8-9)21-15(23)13-14(16(21)24)22(20-19-13)11-6-4-10(18)5-7-11/h1-8,13-14H/t13-,14-/m0/s1. The van der Waals surface area contributed by atoms with Crippen LogP contribution in [0.4, 0.5) is 15.8 Å². The number of imide groups is 1. The first-order chi connectivity index (χ1) is 11.6. The number of rotatable bonds is 2. The minimum absolute atomic E-state index is 0.390. The van der Waals surface area contributed by atoms with Crippen LogP contribution in [0.15, 0.2) is 58.9 Å². The van der Waals surface area contributed by atoms with Crippen LogP contribution in [0.2, 0.25) is 5.02 Å². The Morgan fingerprint density at radius 2 is 1.75 bits per heavy atom. The van der Waals surface area contributed by atoms with Crippen LogP contribution in [-0.4, -0.2) is 23.9 Å². The van der Waals surface area contributed by atoms with Gasteiger partial charge in [0.25, 0.3) is 11.8 Å². The maximum Gasteiger partial charge on any atom is 0.263 e. The quantitative estimate of drug-likeness (QED) is 0.787. The number of hydrogen-bond donors (Lipinski definition) is 0. The zero-order chi connectivity index (χ0) is 16.8. The molecule has 0 unspecified atom stereocenters. The second kappa shape index (κ2) is 5.38. The van der Waals surface area contributed by atoms with Gasteiger partial charge < -0.3 is 0 Å². The van der Waals surface area contributed by atoms with Gasteiger partial charge in [0.2, 0.25) is 0 Å². The van der Waals surface area contributed by atoms with Crippen LogP contribution < -0.4 is 9.91 Å². The molecular formula is C16H10ClFN4O2. The van der Waals surface area contributed by atoms with Crippen LogP contribution in [-0.2, 0) is 9.59 Å². The van der Waals surface area contributed by atoms with Crippen molar-refractivity contribution in [3.8, 4) is 0 Å². The van der Waals surface area contributed by atoms with E-state index in [1.165, 1.54) is 35.3 Å². The highest BCUT2D eigenvalue weighted by molar-refractivity contribution is 6.31. The van der Waals surface area contributed by atoms with Crippen LogP contribution in [0.25, 0.3) is 0 Å². The summed E-state index contributed by atoms with van der Waals surface area (Å²) in [5, 5.41) is 9.59. The fourth-order valence-electron chi connectivity index (χ4n) is 2.84. The van der Waals surface area contributed by atoms with Crippen molar-refractivity contribution >= 4 is 34.8 Å². The average Bonchev–Trinajstić information content (AvgIpc) is 3.09. The molecule has 24 heavy (non-hydrogen) atoms. The fourth-order valence-corrected chi connectivity index (χ4v) is 3.02. The molecule has 0 bridgehead atoms. The van der Waals surface area contributed by atoms with Gasteiger partial charge in [-0.3, -0.25) is 9.59 Å². The summed E-state index contributed by atoms with van der Waals surface area (Å²) in [6.07, 6.45) is 0. The topological polar surface area (TPSA) is 65.3 Å². The van der Waals surface area contributed by atoms with Crippen molar-refractivity contribution in [1.82, 2.24) is 0 Å². The van der Waals surface area contributed by atoms with Crippen molar-refractivity contribution in [2.75, 3.05) is 9.91 Å². The molecule has 0 spiro atoms. The molecule has 0 aliphatic carbocycles. The van der Waals surface area contributed by atoms with Crippen molar-refractivity contribution in [1.29, 1.82) is 0 Å². The molecule has 2 atom stereocenters. The Labute approximate surface area is 141 Å². The van der Waals surface area contributed by atoms with Crippen molar-refractivity contribution < 1.29 is 14.0 Å². The first kappa shape index (κ1) is 14.8. The van der Waals surface area contributed by atoms with Crippen molar-refractivity contribution in [3.05, 3.63) is 59.4 Å². The second-order valence-corrected chi connectivity index (χ2v) is 5.84. The van der Waals surface area contributed by atoms with Crippen molar-refractivity contribution in [2.24, 2.45) is 10.3 Å². The molecule has 6 nitrogen and oxygen atoms in total. The number of carbonyl (C=O) groups excluding carboxylic acids is 2. The van der Waals surface area contributed by atoms with Crippen LogP contribution >= 0.6 is 11.6 Å². The monoisotopic (exact) mass is 344 g/mol. The number of halogens is 2. The fraction of sp³-hybridized carbons (Fsp3) is 0.125. The van der Waals surface area contributed by atoms with Gasteiger partial charge in [-0.1, -0.05) is 22.9 Å². The normalized spacial score (nSPS) is 22.4. The number of carbonyl (C=O) groups is 2. The summed E-state index contributed by atoms with van der Waals surface area (Å²) in [5.41, 5.74) is 0.878. The molecule has 1 saturated heterocycles. The summed E-state index contributed by atoms with van der Waals surface area (Å²) in [7, 11) is 0. The van der Waals surface area contributed by atoms with Gasteiger partial charge in [0.05, 0.1) is 11.4 Å². The Balaban J connectivity index is 1.70. The van der Waals surface area contributed by atoms with Gasteiger partial charge in [-0.05, 0) is 42.5 Å².